The molecular formula is C14H28N2. The lowest BCUT2D eigenvalue weighted by molar-refractivity contribution is 0.187. The first kappa shape index (κ1) is 12.4. The Morgan fingerprint density at radius 2 is 1.81 bits per heavy atom. The SMILES string of the molecule is NCC1(CNCCC2CCC2)CCCCC1. The molecule has 0 aromatic carbocycles. The van der Waals surface area contributed by atoms with E-state index in [1.54, 1.807) is 0 Å². The van der Waals surface area contributed by atoms with Gasteiger partial charge in [0, 0.05) is 6.54 Å². The zero-order chi connectivity index (χ0) is 11.3. The van der Waals surface area contributed by atoms with E-state index in [2.05, 4.69) is 5.32 Å². The van der Waals surface area contributed by atoms with Gasteiger partial charge in [-0.3, -0.25) is 0 Å². The number of nitrogens with one attached hydrogen (secondary N) is 1. The summed E-state index contributed by atoms with van der Waals surface area (Å²) in [6.45, 7) is 3.26. The highest BCUT2D eigenvalue weighted by atomic mass is 14.9. The van der Waals surface area contributed by atoms with E-state index in [0.29, 0.717) is 5.41 Å². The number of hydrogen-bond acceptors (Lipinski definition) is 2. The zero-order valence-electron chi connectivity index (χ0n) is 10.6. The van der Waals surface area contributed by atoms with E-state index in [-0.39, 0.29) is 0 Å². The van der Waals surface area contributed by atoms with Gasteiger partial charge in [-0.05, 0) is 43.7 Å². The Hall–Kier alpha value is -0.0800. The Morgan fingerprint density at radius 1 is 1.06 bits per heavy atom. The third kappa shape index (κ3) is 3.21. The highest BCUT2D eigenvalue weighted by Crippen LogP contribution is 2.34. The van der Waals surface area contributed by atoms with E-state index < -0.39 is 0 Å². The van der Waals surface area contributed by atoms with Gasteiger partial charge in [-0.25, -0.2) is 0 Å². The van der Waals surface area contributed by atoms with Crippen molar-refractivity contribution < 1.29 is 0 Å². The molecule has 2 rings (SSSR count). The maximum absolute atomic E-state index is 5.98. The van der Waals surface area contributed by atoms with Gasteiger partial charge >= 0.3 is 0 Å². The lowest BCUT2D eigenvalue weighted by Crippen LogP contribution is -2.42. The summed E-state index contributed by atoms with van der Waals surface area (Å²) in [6, 6.07) is 0. The van der Waals surface area contributed by atoms with Crippen molar-refractivity contribution in [3.8, 4) is 0 Å². The number of rotatable bonds is 6. The van der Waals surface area contributed by atoms with E-state index in [4.69, 9.17) is 5.73 Å². The summed E-state index contributed by atoms with van der Waals surface area (Å²) < 4.78 is 0. The van der Waals surface area contributed by atoms with Gasteiger partial charge in [0.1, 0.15) is 0 Å². The normalized spacial score (nSPS) is 25.3. The zero-order valence-corrected chi connectivity index (χ0v) is 10.6. The quantitative estimate of drug-likeness (QED) is 0.681. The summed E-state index contributed by atoms with van der Waals surface area (Å²) >= 11 is 0. The van der Waals surface area contributed by atoms with Crippen LogP contribution in [0.3, 0.4) is 0 Å². The van der Waals surface area contributed by atoms with E-state index in [0.717, 1.165) is 19.0 Å². The molecule has 2 saturated carbocycles. The second kappa shape index (κ2) is 6.02. The van der Waals surface area contributed by atoms with Gasteiger partial charge in [0.2, 0.25) is 0 Å². The lowest BCUT2D eigenvalue weighted by Gasteiger charge is -2.36. The Balaban J connectivity index is 1.61. The average molecular weight is 224 g/mol. The highest BCUT2D eigenvalue weighted by Gasteiger charge is 2.30. The molecule has 3 N–H and O–H groups in total. The molecule has 0 aromatic heterocycles. The highest BCUT2D eigenvalue weighted by molar-refractivity contribution is 4.85. The molecule has 94 valence electrons. The fourth-order valence-electron chi connectivity index (χ4n) is 3.20. The van der Waals surface area contributed by atoms with Crippen LogP contribution in [-0.2, 0) is 0 Å². The molecule has 2 fully saturated rings. The Bertz CT molecular complexity index is 193. The standard InChI is InChI=1S/C14H28N2/c15-11-14(8-2-1-3-9-14)12-16-10-7-13-5-4-6-13/h13,16H,1-12,15H2. The van der Waals surface area contributed by atoms with E-state index in [9.17, 15) is 0 Å². The van der Waals surface area contributed by atoms with Crippen LogP contribution in [0, 0.1) is 11.3 Å². The predicted octanol–water partition coefficient (Wildman–Crippen LogP) is 2.68. The van der Waals surface area contributed by atoms with Crippen LogP contribution in [0.15, 0.2) is 0 Å². The summed E-state index contributed by atoms with van der Waals surface area (Å²) in [5, 5.41) is 3.67. The molecule has 0 spiro atoms. The van der Waals surface area contributed by atoms with E-state index in [1.807, 2.05) is 0 Å². The Kier molecular flexibility index (Phi) is 4.66. The van der Waals surface area contributed by atoms with Gasteiger partial charge in [-0.2, -0.15) is 0 Å². The molecule has 0 aliphatic heterocycles. The fourth-order valence-corrected chi connectivity index (χ4v) is 3.20. The van der Waals surface area contributed by atoms with Crippen molar-refractivity contribution in [1.29, 1.82) is 0 Å². The lowest BCUT2D eigenvalue weighted by atomic mass is 9.74. The summed E-state index contributed by atoms with van der Waals surface area (Å²) in [5.41, 5.74) is 6.42. The van der Waals surface area contributed by atoms with Crippen LogP contribution in [-0.4, -0.2) is 19.6 Å². The van der Waals surface area contributed by atoms with E-state index in [1.165, 1.54) is 64.3 Å². The monoisotopic (exact) mass is 224 g/mol. The van der Waals surface area contributed by atoms with Crippen molar-refractivity contribution in [3.63, 3.8) is 0 Å². The van der Waals surface area contributed by atoms with Crippen LogP contribution in [0.1, 0.15) is 57.8 Å². The molecular weight excluding hydrogens is 196 g/mol. The topological polar surface area (TPSA) is 38.0 Å². The molecule has 0 radical (unpaired) electrons. The molecule has 0 aromatic rings. The molecule has 16 heavy (non-hydrogen) atoms. The fraction of sp³-hybridized carbons (Fsp3) is 1.00. The van der Waals surface area contributed by atoms with Crippen LogP contribution in [0.5, 0.6) is 0 Å². The van der Waals surface area contributed by atoms with Crippen LogP contribution >= 0.6 is 0 Å². The molecule has 0 atom stereocenters. The molecule has 0 saturated heterocycles. The van der Waals surface area contributed by atoms with E-state index >= 15 is 0 Å². The first-order valence-electron chi connectivity index (χ1n) is 7.25. The van der Waals surface area contributed by atoms with Crippen LogP contribution < -0.4 is 11.1 Å². The van der Waals surface area contributed by atoms with Crippen LogP contribution in [0.2, 0.25) is 0 Å². The maximum Gasteiger partial charge on any atom is 0.00199 e. The van der Waals surface area contributed by atoms with Crippen molar-refractivity contribution >= 4 is 0 Å². The molecule has 0 bridgehead atoms. The summed E-state index contributed by atoms with van der Waals surface area (Å²) in [4.78, 5) is 0. The van der Waals surface area contributed by atoms with Crippen LogP contribution in [0.4, 0.5) is 0 Å². The molecule has 2 aliphatic rings. The number of hydrogen-bond donors (Lipinski definition) is 2. The first-order chi connectivity index (χ1) is 7.85. The predicted molar refractivity (Wildman–Crippen MR) is 69.4 cm³/mol. The van der Waals surface area contributed by atoms with Crippen LogP contribution in [0.25, 0.3) is 0 Å². The third-order valence-electron chi connectivity index (χ3n) is 4.80. The Morgan fingerprint density at radius 3 is 2.38 bits per heavy atom. The number of nitrogens with two attached hydrogens (primary N) is 1. The third-order valence-corrected chi connectivity index (χ3v) is 4.80. The molecule has 2 aliphatic carbocycles. The summed E-state index contributed by atoms with van der Waals surface area (Å²) in [6.07, 6.45) is 12.7. The molecule has 0 amide bonds. The smallest absolute Gasteiger partial charge is 0.00199 e. The minimum atomic E-state index is 0.442. The van der Waals surface area contributed by atoms with Gasteiger partial charge < -0.3 is 11.1 Å². The van der Waals surface area contributed by atoms with Crippen molar-refractivity contribution in [3.05, 3.63) is 0 Å². The molecule has 0 unspecified atom stereocenters. The molecule has 2 heteroatoms. The van der Waals surface area contributed by atoms with Gasteiger partial charge in [-0.1, -0.05) is 38.5 Å². The van der Waals surface area contributed by atoms with Crippen molar-refractivity contribution in [2.45, 2.75) is 57.8 Å². The average Bonchev–Trinajstić information content (AvgIpc) is 2.28. The second-order valence-electron chi connectivity index (χ2n) is 6.03. The van der Waals surface area contributed by atoms with Crippen molar-refractivity contribution in [2.24, 2.45) is 17.1 Å². The summed E-state index contributed by atoms with van der Waals surface area (Å²) in [5.74, 6) is 1.03. The molecule has 2 nitrogen and oxygen atoms in total. The largest absolute Gasteiger partial charge is 0.330 e. The van der Waals surface area contributed by atoms with Gasteiger partial charge in [0.25, 0.3) is 0 Å². The minimum absolute atomic E-state index is 0.442. The van der Waals surface area contributed by atoms with Gasteiger partial charge in [0.05, 0.1) is 0 Å². The summed E-state index contributed by atoms with van der Waals surface area (Å²) in [7, 11) is 0. The maximum atomic E-state index is 5.98. The van der Waals surface area contributed by atoms with Gasteiger partial charge in [-0.15, -0.1) is 0 Å². The second-order valence-corrected chi connectivity index (χ2v) is 6.03. The minimum Gasteiger partial charge on any atom is -0.330 e. The molecule has 0 heterocycles. The van der Waals surface area contributed by atoms with Crippen molar-refractivity contribution in [2.75, 3.05) is 19.6 Å². The van der Waals surface area contributed by atoms with Crippen molar-refractivity contribution in [1.82, 2.24) is 5.32 Å². The Labute approximate surface area is 100 Å². The first-order valence-corrected chi connectivity index (χ1v) is 7.25. The van der Waals surface area contributed by atoms with Gasteiger partial charge in [0.15, 0.2) is 0 Å².